The van der Waals surface area contributed by atoms with Crippen LogP contribution in [0.1, 0.15) is 5.76 Å². The lowest BCUT2D eigenvalue weighted by atomic mass is 10.2. The van der Waals surface area contributed by atoms with Crippen molar-refractivity contribution in [1.29, 1.82) is 0 Å². The Hall–Kier alpha value is -3.11. The number of nitrogens with one attached hydrogen (secondary N) is 1. The fourth-order valence-corrected chi connectivity index (χ4v) is 3.97. The van der Waals surface area contributed by atoms with Crippen molar-refractivity contribution < 1.29 is 22.4 Å². The van der Waals surface area contributed by atoms with E-state index in [-0.39, 0.29) is 16.2 Å². The summed E-state index contributed by atoms with van der Waals surface area (Å²) in [5.41, 5.74) is 3.22. The highest BCUT2D eigenvalue weighted by Crippen LogP contribution is 2.29. The number of hydrogen-bond donors (Lipinski definition) is 2. The Bertz CT molecular complexity index is 1330. The molecular weight excluding hydrogens is 465 g/mol. The first-order chi connectivity index (χ1) is 14.6. The zero-order chi connectivity index (χ0) is 22.3. The minimum atomic E-state index is -3.80. The molecule has 1 aromatic heterocycles. The molecule has 31 heavy (non-hydrogen) atoms. The first-order valence-electron chi connectivity index (χ1n) is 8.68. The third-order valence-electron chi connectivity index (χ3n) is 4.38. The summed E-state index contributed by atoms with van der Waals surface area (Å²) < 4.78 is 28.4. The van der Waals surface area contributed by atoms with E-state index in [1.165, 1.54) is 48.5 Å². The number of benzene rings is 2. The summed E-state index contributed by atoms with van der Waals surface area (Å²) in [6, 6.07) is 13.5. The molecule has 2 aromatic carbocycles. The Morgan fingerprint density at radius 3 is 2.23 bits per heavy atom. The molecule has 11 heteroatoms. The normalized spacial score (nSPS) is 15.6. The van der Waals surface area contributed by atoms with Gasteiger partial charge in [-0.2, -0.15) is 0 Å². The standard InChI is InChI=1S/C20H13Cl2N3O5S/c21-12-7-13(22)9-14(8-12)25-20(27)17(19(26)24-25)10-15-3-6-18(30-15)11-1-4-16(5-2-11)31(23,28)29/h1-10H,(H,24,26)(H2,23,28,29). The molecular formula is C20H13Cl2N3O5S. The van der Waals surface area contributed by atoms with Crippen LogP contribution in [0.2, 0.25) is 10.0 Å². The predicted molar refractivity (Wildman–Crippen MR) is 116 cm³/mol. The van der Waals surface area contributed by atoms with Crippen molar-refractivity contribution >= 4 is 56.8 Å². The topological polar surface area (TPSA) is 123 Å². The van der Waals surface area contributed by atoms with E-state index in [0.717, 1.165) is 5.01 Å². The molecule has 4 rings (SSSR count). The van der Waals surface area contributed by atoms with Crippen molar-refractivity contribution in [3.63, 3.8) is 0 Å². The molecule has 8 nitrogen and oxygen atoms in total. The molecule has 158 valence electrons. The summed E-state index contributed by atoms with van der Waals surface area (Å²) in [5.74, 6) is -0.539. The summed E-state index contributed by atoms with van der Waals surface area (Å²) >= 11 is 11.9. The largest absolute Gasteiger partial charge is 0.457 e. The Morgan fingerprint density at radius 1 is 0.968 bits per heavy atom. The summed E-state index contributed by atoms with van der Waals surface area (Å²) in [5, 5.41) is 6.76. The molecule has 3 N–H and O–H groups in total. The number of hydrazine groups is 1. The van der Waals surface area contributed by atoms with Crippen LogP contribution in [0.3, 0.4) is 0 Å². The second-order valence-electron chi connectivity index (χ2n) is 6.54. The molecule has 3 aromatic rings. The number of amides is 2. The Morgan fingerprint density at radius 2 is 1.61 bits per heavy atom. The number of furan rings is 1. The maximum Gasteiger partial charge on any atom is 0.282 e. The van der Waals surface area contributed by atoms with Gasteiger partial charge in [0.25, 0.3) is 11.8 Å². The highest BCUT2D eigenvalue weighted by Gasteiger charge is 2.35. The van der Waals surface area contributed by atoms with Gasteiger partial charge in [0.05, 0.1) is 10.6 Å². The smallest absolute Gasteiger partial charge is 0.282 e. The molecule has 1 fully saturated rings. The first kappa shape index (κ1) is 21.1. The lowest BCUT2D eigenvalue weighted by molar-refractivity contribution is -0.117. The van der Waals surface area contributed by atoms with Crippen LogP contribution in [0.25, 0.3) is 17.4 Å². The summed E-state index contributed by atoms with van der Waals surface area (Å²) in [7, 11) is -3.80. The van der Waals surface area contributed by atoms with Gasteiger partial charge in [0.2, 0.25) is 10.0 Å². The molecule has 1 aliphatic rings. The summed E-state index contributed by atoms with van der Waals surface area (Å²) in [6.07, 6.45) is 1.31. The van der Waals surface area contributed by atoms with Crippen LogP contribution in [0.15, 0.2) is 69.5 Å². The minimum absolute atomic E-state index is 0.0282. The van der Waals surface area contributed by atoms with Gasteiger partial charge in [-0.3, -0.25) is 15.0 Å². The van der Waals surface area contributed by atoms with Crippen LogP contribution >= 0.6 is 23.2 Å². The monoisotopic (exact) mass is 477 g/mol. The van der Waals surface area contributed by atoms with Crippen LogP contribution in [0.4, 0.5) is 5.69 Å². The molecule has 2 amide bonds. The number of nitrogens with zero attached hydrogens (tertiary/aromatic N) is 1. The van der Waals surface area contributed by atoms with Crippen molar-refractivity contribution in [2.24, 2.45) is 5.14 Å². The molecule has 0 unspecified atom stereocenters. The van der Waals surface area contributed by atoms with Gasteiger partial charge in [-0.05, 0) is 60.7 Å². The maximum absolute atomic E-state index is 12.7. The van der Waals surface area contributed by atoms with E-state index in [1.54, 1.807) is 12.1 Å². The number of carbonyl (C=O) groups excluding carboxylic acids is 2. The van der Waals surface area contributed by atoms with Gasteiger partial charge >= 0.3 is 0 Å². The van der Waals surface area contributed by atoms with Crippen LogP contribution in [0, 0.1) is 0 Å². The SMILES string of the molecule is NS(=O)(=O)c1ccc(-c2ccc(C=C3C(=O)NN(c4cc(Cl)cc(Cl)c4)C3=O)o2)cc1. The number of sulfonamides is 1. The lowest BCUT2D eigenvalue weighted by Gasteiger charge is -2.15. The van der Waals surface area contributed by atoms with Crippen molar-refractivity contribution in [1.82, 2.24) is 5.43 Å². The van der Waals surface area contributed by atoms with E-state index in [4.69, 9.17) is 32.8 Å². The van der Waals surface area contributed by atoms with Crippen molar-refractivity contribution in [2.45, 2.75) is 4.90 Å². The van der Waals surface area contributed by atoms with Crippen LogP contribution in [-0.4, -0.2) is 20.2 Å². The van der Waals surface area contributed by atoms with Gasteiger partial charge in [0.15, 0.2) is 0 Å². The van der Waals surface area contributed by atoms with Crippen molar-refractivity contribution in [3.05, 3.63) is 76.0 Å². The number of nitrogens with two attached hydrogens (primary N) is 1. The molecule has 1 saturated heterocycles. The second kappa shape index (κ2) is 7.86. The fourth-order valence-electron chi connectivity index (χ4n) is 2.94. The molecule has 0 radical (unpaired) electrons. The molecule has 2 heterocycles. The average molecular weight is 478 g/mol. The fraction of sp³-hybridized carbons (Fsp3) is 0. The van der Waals surface area contributed by atoms with Crippen LogP contribution in [0.5, 0.6) is 0 Å². The van der Waals surface area contributed by atoms with Gasteiger partial charge in [-0.15, -0.1) is 0 Å². The summed E-state index contributed by atoms with van der Waals surface area (Å²) in [4.78, 5) is 25.0. The van der Waals surface area contributed by atoms with E-state index in [0.29, 0.717) is 27.1 Å². The minimum Gasteiger partial charge on any atom is -0.457 e. The molecule has 0 bridgehead atoms. The number of anilines is 1. The van der Waals surface area contributed by atoms with Gasteiger partial charge in [0.1, 0.15) is 17.1 Å². The quantitative estimate of drug-likeness (QED) is 0.440. The zero-order valence-electron chi connectivity index (χ0n) is 15.5. The lowest BCUT2D eigenvalue weighted by Crippen LogP contribution is -2.35. The van der Waals surface area contributed by atoms with Gasteiger partial charge in [0, 0.05) is 15.6 Å². The molecule has 0 aliphatic carbocycles. The van der Waals surface area contributed by atoms with Crippen molar-refractivity contribution in [2.75, 3.05) is 5.01 Å². The predicted octanol–water partition coefficient (Wildman–Crippen LogP) is 3.36. The van der Waals surface area contributed by atoms with Crippen LogP contribution < -0.4 is 15.6 Å². The number of rotatable bonds is 4. The molecule has 0 atom stereocenters. The molecule has 0 spiro atoms. The number of carbonyl (C=O) groups is 2. The molecule has 1 aliphatic heterocycles. The van der Waals surface area contributed by atoms with E-state index < -0.39 is 21.8 Å². The molecule has 0 saturated carbocycles. The zero-order valence-corrected chi connectivity index (χ0v) is 17.8. The highest BCUT2D eigenvalue weighted by atomic mass is 35.5. The Kier molecular flexibility index (Phi) is 5.36. The van der Waals surface area contributed by atoms with Crippen LogP contribution in [-0.2, 0) is 19.6 Å². The number of primary sulfonamides is 1. The van der Waals surface area contributed by atoms with Gasteiger partial charge < -0.3 is 4.42 Å². The van der Waals surface area contributed by atoms with Crippen molar-refractivity contribution in [3.8, 4) is 11.3 Å². The van der Waals surface area contributed by atoms with E-state index in [9.17, 15) is 18.0 Å². The maximum atomic E-state index is 12.7. The first-order valence-corrected chi connectivity index (χ1v) is 11.0. The Balaban J connectivity index is 1.60. The number of halogens is 2. The third kappa shape index (κ3) is 4.35. The second-order valence-corrected chi connectivity index (χ2v) is 8.97. The van der Waals surface area contributed by atoms with Gasteiger partial charge in [-0.25, -0.2) is 18.6 Å². The third-order valence-corrected chi connectivity index (χ3v) is 5.74. The number of hydrogen-bond acceptors (Lipinski definition) is 5. The van der Waals surface area contributed by atoms with Gasteiger partial charge in [-0.1, -0.05) is 23.2 Å². The Labute approximate surface area is 186 Å². The summed E-state index contributed by atoms with van der Waals surface area (Å²) in [6.45, 7) is 0. The van der Waals surface area contributed by atoms with E-state index in [2.05, 4.69) is 5.43 Å². The highest BCUT2D eigenvalue weighted by molar-refractivity contribution is 7.89. The van der Waals surface area contributed by atoms with E-state index >= 15 is 0 Å². The van der Waals surface area contributed by atoms with E-state index in [1.807, 2.05) is 0 Å². The average Bonchev–Trinajstić information content (AvgIpc) is 3.27.